The van der Waals surface area contributed by atoms with Gasteiger partial charge in [0.05, 0.1) is 0 Å². The fraction of sp³-hybridized carbons (Fsp3) is 0.259. The Labute approximate surface area is 190 Å². The zero-order valence-corrected chi connectivity index (χ0v) is 18.1. The fourth-order valence-electron chi connectivity index (χ4n) is 4.44. The van der Waals surface area contributed by atoms with E-state index in [1.807, 2.05) is 24.4 Å². The average Bonchev–Trinajstić information content (AvgIpc) is 3.44. The summed E-state index contributed by atoms with van der Waals surface area (Å²) in [6, 6.07) is 15.4. The van der Waals surface area contributed by atoms with E-state index in [1.165, 1.54) is 11.1 Å². The van der Waals surface area contributed by atoms with E-state index in [0.29, 0.717) is 31.4 Å². The Morgan fingerprint density at radius 2 is 1.79 bits per heavy atom. The number of nitrogens with one attached hydrogen (secondary N) is 1. The zero-order valence-electron chi connectivity index (χ0n) is 18.1. The van der Waals surface area contributed by atoms with Crippen molar-refractivity contribution in [2.45, 2.75) is 44.7 Å². The maximum Gasteiger partial charge on any atom is 0.433 e. The predicted octanol–water partition coefficient (Wildman–Crippen LogP) is 6.51. The van der Waals surface area contributed by atoms with Crippen LogP contribution in [0.2, 0.25) is 0 Å². The molecule has 0 saturated heterocycles. The predicted molar refractivity (Wildman–Crippen MR) is 124 cm³/mol. The van der Waals surface area contributed by atoms with Gasteiger partial charge >= 0.3 is 6.18 Å². The molecule has 0 fully saturated rings. The van der Waals surface area contributed by atoms with Gasteiger partial charge in [-0.3, -0.25) is 0 Å². The Hall–Kier alpha value is -3.41. The summed E-state index contributed by atoms with van der Waals surface area (Å²) in [5.74, 6) is 0.261. The quantitative estimate of drug-likeness (QED) is 0.351. The molecule has 0 amide bonds. The number of fused-ring (bicyclic) bond motifs is 2. The molecule has 0 spiro atoms. The first-order valence-electron chi connectivity index (χ1n) is 11.2. The van der Waals surface area contributed by atoms with Crippen molar-refractivity contribution in [1.82, 2.24) is 15.0 Å². The molecule has 0 bridgehead atoms. The minimum atomic E-state index is -4.48. The number of nitrogens with zero attached hydrogens (tertiary/aromatic N) is 2. The van der Waals surface area contributed by atoms with Crippen molar-refractivity contribution in [3.8, 4) is 0 Å². The number of H-pyrrole nitrogens is 1. The number of aryl methyl sites for hydroxylation is 4. The van der Waals surface area contributed by atoms with Crippen LogP contribution in [-0.4, -0.2) is 15.0 Å². The highest BCUT2D eigenvalue weighted by atomic mass is 19.4. The Morgan fingerprint density at radius 1 is 0.909 bits per heavy atom. The van der Waals surface area contributed by atoms with Gasteiger partial charge < -0.3 is 4.98 Å². The molecule has 5 rings (SSSR count). The van der Waals surface area contributed by atoms with Crippen LogP contribution >= 0.6 is 0 Å². The van der Waals surface area contributed by atoms with Crippen LogP contribution in [-0.2, 0) is 38.3 Å². The molecule has 1 N–H and O–H groups in total. The number of aromatic nitrogens is 3. The van der Waals surface area contributed by atoms with Gasteiger partial charge in [0, 0.05) is 29.2 Å². The highest BCUT2D eigenvalue weighted by Crippen LogP contribution is 2.29. The maximum atomic E-state index is 13.5. The van der Waals surface area contributed by atoms with Crippen molar-refractivity contribution in [2.24, 2.45) is 0 Å². The van der Waals surface area contributed by atoms with Gasteiger partial charge in [-0.05, 0) is 66.5 Å². The summed E-state index contributed by atoms with van der Waals surface area (Å²) >= 11 is 0. The highest BCUT2D eigenvalue weighted by molar-refractivity contribution is 5.83. The third-order valence-corrected chi connectivity index (χ3v) is 6.15. The monoisotopic (exact) mass is 447 g/mol. The summed E-state index contributed by atoms with van der Waals surface area (Å²) in [5.41, 5.74) is 5.40. The molecular formula is C27H24F3N3. The first kappa shape index (κ1) is 21.4. The summed E-state index contributed by atoms with van der Waals surface area (Å²) in [7, 11) is 0. The molecule has 0 radical (unpaired) electrons. The number of rotatable bonds is 7. The molecule has 1 aliphatic rings. The van der Waals surface area contributed by atoms with Gasteiger partial charge in [-0.25, -0.2) is 9.97 Å². The molecule has 0 atom stereocenters. The lowest BCUT2D eigenvalue weighted by atomic mass is 10.0. The van der Waals surface area contributed by atoms with Crippen LogP contribution in [0.25, 0.3) is 17.0 Å². The lowest BCUT2D eigenvalue weighted by Gasteiger charge is -2.11. The molecule has 6 heteroatoms. The minimum absolute atomic E-state index is 0.261. The van der Waals surface area contributed by atoms with E-state index in [9.17, 15) is 13.2 Å². The molecule has 2 aromatic heterocycles. The molecule has 168 valence electrons. The SMILES string of the molecule is FC(F)(F)c1cc(CCc2ccc3c(c2)C=CC3)nc(CCCc2c[nH]c3ccccc23)n1. The largest absolute Gasteiger partial charge is 0.433 e. The molecular weight excluding hydrogens is 423 g/mol. The molecule has 1 aliphatic carbocycles. The molecule has 0 unspecified atom stereocenters. The summed E-state index contributed by atoms with van der Waals surface area (Å²) in [6.07, 6.45) is 5.57. The van der Waals surface area contributed by atoms with Gasteiger partial charge in [-0.15, -0.1) is 0 Å². The molecule has 33 heavy (non-hydrogen) atoms. The van der Waals surface area contributed by atoms with Gasteiger partial charge in [-0.2, -0.15) is 13.2 Å². The number of benzene rings is 2. The van der Waals surface area contributed by atoms with Crippen LogP contribution in [0.15, 0.2) is 60.8 Å². The van der Waals surface area contributed by atoms with Crippen LogP contribution in [0, 0.1) is 0 Å². The Kier molecular flexibility index (Phi) is 5.75. The average molecular weight is 448 g/mol. The van der Waals surface area contributed by atoms with Crippen molar-refractivity contribution in [1.29, 1.82) is 0 Å². The fourth-order valence-corrected chi connectivity index (χ4v) is 4.44. The molecule has 4 aromatic rings. The van der Waals surface area contributed by atoms with Crippen LogP contribution in [0.4, 0.5) is 13.2 Å². The maximum absolute atomic E-state index is 13.5. The van der Waals surface area contributed by atoms with E-state index < -0.39 is 11.9 Å². The van der Waals surface area contributed by atoms with Crippen molar-refractivity contribution in [2.75, 3.05) is 0 Å². The van der Waals surface area contributed by atoms with Gasteiger partial charge in [0.25, 0.3) is 0 Å². The second kappa shape index (κ2) is 8.85. The van der Waals surface area contributed by atoms with Crippen molar-refractivity contribution < 1.29 is 13.2 Å². The molecule has 0 saturated carbocycles. The Balaban J connectivity index is 1.29. The standard InChI is InChI=1S/C27H24F3N3/c28-27(29,30)25-16-22(14-12-18-11-13-19-5-3-6-20(19)15-18)32-26(33-25)10-4-7-21-17-31-24-9-2-1-8-23(21)24/h1-3,6,8-9,11,13,15-17,31H,4-5,7,10,12,14H2. The third-order valence-electron chi connectivity index (χ3n) is 6.15. The Bertz CT molecular complexity index is 1320. The molecule has 2 aromatic carbocycles. The van der Waals surface area contributed by atoms with Gasteiger partial charge in [-0.1, -0.05) is 48.6 Å². The van der Waals surface area contributed by atoms with Crippen LogP contribution < -0.4 is 0 Å². The molecule has 0 aliphatic heterocycles. The number of halogens is 3. The van der Waals surface area contributed by atoms with E-state index in [-0.39, 0.29) is 5.82 Å². The first-order valence-corrected chi connectivity index (χ1v) is 11.2. The van der Waals surface area contributed by atoms with Gasteiger partial charge in [0.1, 0.15) is 11.5 Å². The van der Waals surface area contributed by atoms with Crippen LogP contribution in [0.3, 0.4) is 0 Å². The van der Waals surface area contributed by atoms with Gasteiger partial charge in [0.2, 0.25) is 0 Å². The number of alkyl halides is 3. The number of aromatic amines is 1. The minimum Gasteiger partial charge on any atom is -0.361 e. The summed E-state index contributed by atoms with van der Waals surface area (Å²) in [4.78, 5) is 11.6. The summed E-state index contributed by atoms with van der Waals surface area (Å²) in [5, 5.41) is 1.15. The zero-order chi connectivity index (χ0) is 22.8. The van der Waals surface area contributed by atoms with E-state index >= 15 is 0 Å². The van der Waals surface area contributed by atoms with Gasteiger partial charge in [0.15, 0.2) is 0 Å². The third kappa shape index (κ3) is 4.85. The summed E-state index contributed by atoms with van der Waals surface area (Å²) in [6.45, 7) is 0. The summed E-state index contributed by atoms with van der Waals surface area (Å²) < 4.78 is 40.4. The smallest absolute Gasteiger partial charge is 0.361 e. The van der Waals surface area contributed by atoms with Crippen molar-refractivity contribution >= 4 is 17.0 Å². The topological polar surface area (TPSA) is 41.6 Å². The van der Waals surface area contributed by atoms with E-state index in [4.69, 9.17) is 0 Å². The highest BCUT2D eigenvalue weighted by Gasteiger charge is 2.33. The van der Waals surface area contributed by atoms with Crippen LogP contribution in [0.5, 0.6) is 0 Å². The first-order chi connectivity index (χ1) is 16.0. The second-order valence-corrected chi connectivity index (χ2v) is 8.51. The number of para-hydroxylation sites is 1. The van der Waals surface area contributed by atoms with E-state index in [1.54, 1.807) is 0 Å². The molecule has 3 nitrogen and oxygen atoms in total. The normalized spacial score (nSPS) is 13.1. The lowest BCUT2D eigenvalue weighted by molar-refractivity contribution is -0.141. The number of hydrogen-bond acceptors (Lipinski definition) is 2. The molecule has 2 heterocycles. The van der Waals surface area contributed by atoms with Crippen molar-refractivity contribution in [3.05, 3.63) is 100 Å². The number of allylic oxidation sites excluding steroid dienone is 1. The van der Waals surface area contributed by atoms with E-state index in [2.05, 4.69) is 51.4 Å². The lowest BCUT2D eigenvalue weighted by Crippen LogP contribution is -2.13. The van der Waals surface area contributed by atoms with E-state index in [0.717, 1.165) is 40.9 Å². The number of hydrogen-bond donors (Lipinski definition) is 1. The van der Waals surface area contributed by atoms with Crippen LogP contribution in [0.1, 0.15) is 45.9 Å². The van der Waals surface area contributed by atoms with Crippen molar-refractivity contribution in [3.63, 3.8) is 0 Å². The second-order valence-electron chi connectivity index (χ2n) is 8.51. The Morgan fingerprint density at radius 3 is 2.67 bits per heavy atom.